The van der Waals surface area contributed by atoms with Gasteiger partial charge in [-0.1, -0.05) is 25.4 Å². The lowest BCUT2D eigenvalue weighted by molar-refractivity contribution is -0.0268. The van der Waals surface area contributed by atoms with Crippen LogP contribution in [0, 0.1) is 12.8 Å². The maximum atomic E-state index is 10.0. The monoisotopic (exact) mass is 242 g/mol. The lowest BCUT2D eigenvalue weighted by Crippen LogP contribution is -2.37. The van der Waals surface area contributed by atoms with Gasteiger partial charge in [-0.2, -0.15) is 0 Å². The highest BCUT2D eigenvalue weighted by molar-refractivity contribution is 6.30. The fourth-order valence-electron chi connectivity index (χ4n) is 1.17. The van der Waals surface area contributed by atoms with E-state index in [1.54, 1.807) is 13.0 Å². The topological polar surface area (TPSA) is 29.5 Å². The van der Waals surface area contributed by atoms with Crippen molar-refractivity contribution in [2.45, 2.75) is 33.3 Å². The van der Waals surface area contributed by atoms with E-state index in [4.69, 9.17) is 16.3 Å². The minimum absolute atomic E-state index is 0.153. The molecule has 0 saturated heterocycles. The summed E-state index contributed by atoms with van der Waals surface area (Å²) in [6.07, 6.45) is 0. The van der Waals surface area contributed by atoms with Crippen molar-refractivity contribution in [2.75, 3.05) is 6.61 Å². The molecule has 0 aromatic heterocycles. The van der Waals surface area contributed by atoms with E-state index >= 15 is 0 Å². The van der Waals surface area contributed by atoms with Gasteiger partial charge in [-0.25, -0.2) is 0 Å². The van der Waals surface area contributed by atoms with Crippen LogP contribution in [0.5, 0.6) is 5.75 Å². The highest BCUT2D eigenvalue weighted by Gasteiger charge is 2.25. The van der Waals surface area contributed by atoms with Crippen LogP contribution in [0.1, 0.15) is 26.3 Å². The van der Waals surface area contributed by atoms with Crippen LogP contribution in [-0.2, 0) is 0 Å². The van der Waals surface area contributed by atoms with E-state index in [9.17, 15) is 5.11 Å². The third-order valence-corrected chi connectivity index (χ3v) is 3.14. The van der Waals surface area contributed by atoms with E-state index in [1.807, 2.05) is 32.9 Å². The van der Waals surface area contributed by atoms with Gasteiger partial charge < -0.3 is 9.84 Å². The Labute approximate surface area is 102 Å². The molecule has 0 spiro atoms. The summed E-state index contributed by atoms with van der Waals surface area (Å²) >= 11 is 5.85. The van der Waals surface area contributed by atoms with Crippen molar-refractivity contribution in [3.05, 3.63) is 28.8 Å². The maximum absolute atomic E-state index is 10.0. The molecule has 1 rings (SSSR count). The molecular weight excluding hydrogens is 224 g/mol. The van der Waals surface area contributed by atoms with E-state index in [2.05, 4.69) is 0 Å². The molecule has 0 saturated carbocycles. The first-order chi connectivity index (χ1) is 7.33. The predicted molar refractivity (Wildman–Crippen MR) is 67.1 cm³/mol. The van der Waals surface area contributed by atoms with Crippen molar-refractivity contribution < 1.29 is 9.84 Å². The Kier molecular flexibility index (Phi) is 4.22. The number of aliphatic hydroxyl groups is 1. The van der Waals surface area contributed by atoms with Crippen LogP contribution in [-0.4, -0.2) is 17.3 Å². The van der Waals surface area contributed by atoms with Crippen molar-refractivity contribution in [3.63, 3.8) is 0 Å². The average molecular weight is 243 g/mol. The summed E-state index contributed by atoms with van der Waals surface area (Å²) in [4.78, 5) is 0. The molecule has 0 radical (unpaired) electrons. The fourth-order valence-corrected chi connectivity index (χ4v) is 1.39. The number of hydrogen-bond acceptors (Lipinski definition) is 2. The Morgan fingerprint density at radius 3 is 2.56 bits per heavy atom. The van der Waals surface area contributed by atoms with E-state index in [1.165, 1.54) is 0 Å². The molecule has 1 unspecified atom stereocenters. The Morgan fingerprint density at radius 2 is 2.06 bits per heavy atom. The predicted octanol–water partition coefficient (Wildman–Crippen LogP) is 3.43. The van der Waals surface area contributed by atoms with Crippen molar-refractivity contribution in [1.82, 2.24) is 0 Å². The zero-order valence-electron chi connectivity index (χ0n) is 10.2. The molecule has 1 N–H and O–H groups in total. The zero-order valence-corrected chi connectivity index (χ0v) is 11.0. The van der Waals surface area contributed by atoms with Crippen molar-refractivity contribution in [3.8, 4) is 5.75 Å². The summed E-state index contributed by atoms with van der Waals surface area (Å²) in [5.74, 6) is 0.922. The molecule has 0 heterocycles. The Balaban J connectivity index is 2.68. The third-order valence-electron chi connectivity index (χ3n) is 2.90. The summed E-state index contributed by atoms with van der Waals surface area (Å²) in [6, 6.07) is 5.46. The van der Waals surface area contributed by atoms with Gasteiger partial charge in [0.2, 0.25) is 0 Å². The Morgan fingerprint density at radius 1 is 1.44 bits per heavy atom. The Bertz CT molecular complexity index is 359. The number of aryl methyl sites for hydroxylation is 1. The summed E-state index contributed by atoms with van der Waals surface area (Å²) in [6.45, 7) is 7.94. The molecule has 1 aromatic carbocycles. The van der Waals surface area contributed by atoms with E-state index in [0.29, 0.717) is 5.02 Å². The van der Waals surface area contributed by atoms with E-state index < -0.39 is 5.60 Å². The number of hydrogen-bond donors (Lipinski definition) is 1. The first-order valence-electron chi connectivity index (χ1n) is 5.44. The fraction of sp³-hybridized carbons (Fsp3) is 0.538. The van der Waals surface area contributed by atoms with Gasteiger partial charge >= 0.3 is 0 Å². The SMILES string of the molecule is Cc1cc(Cl)ccc1OCC(C)(O)C(C)C. The van der Waals surface area contributed by atoms with Crippen molar-refractivity contribution >= 4 is 11.6 Å². The first kappa shape index (κ1) is 13.3. The second-order valence-electron chi connectivity index (χ2n) is 4.71. The smallest absolute Gasteiger partial charge is 0.122 e. The van der Waals surface area contributed by atoms with Gasteiger partial charge in [-0.3, -0.25) is 0 Å². The highest BCUT2D eigenvalue weighted by atomic mass is 35.5. The van der Waals surface area contributed by atoms with Crippen molar-refractivity contribution in [1.29, 1.82) is 0 Å². The number of ether oxygens (including phenoxy) is 1. The van der Waals surface area contributed by atoms with Crippen LogP contribution in [0.15, 0.2) is 18.2 Å². The van der Waals surface area contributed by atoms with Crippen LogP contribution < -0.4 is 4.74 Å². The minimum atomic E-state index is -0.813. The first-order valence-corrected chi connectivity index (χ1v) is 5.82. The molecule has 0 bridgehead atoms. The second-order valence-corrected chi connectivity index (χ2v) is 5.15. The maximum Gasteiger partial charge on any atom is 0.122 e. The molecule has 0 aliphatic rings. The summed E-state index contributed by atoms with van der Waals surface area (Å²) in [7, 11) is 0. The highest BCUT2D eigenvalue weighted by Crippen LogP contribution is 2.24. The zero-order chi connectivity index (χ0) is 12.3. The molecule has 0 amide bonds. The largest absolute Gasteiger partial charge is 0.490 e. The molecule has 0 fully saturated rings. The molecule has 2 nitrogen and oxygen atoms in total. The lowest BCUT2D eigenvalue weighted by Gasteiger charge is -2.27. The molecule has 90 valence electrons. The molecule has 3 heteroatoms. The quantitative estimate of drug-likeness (QED) is 0.877. The summed E-state index contributed by atoms with van der Waals surface area (Å²) < 4.78 is 5.61. The van der Waals surface area contributed by atoms with Crippen LogP contribution in [0.2, 0.25) is 5.02 Å². The van der Waals surface area contributed by atoms with Crippen LogP contribution in [0.3, 0.4) is 0 Å². The van der Waals surface area contributed by atoms with E-state index in [-0.39, 0.29) is 12.5 Å². The van der Waals surface area contributed by atoms with Crippen LogP contribution >= 0.6 is 11.6 Å². The molecule has 0 aliphatic heterocycles. The second kappa shape index (κ2) is 5.07. The van der Waals surface area contributed by atoms with Gasteiger partial charge in [0.25, 0.3) is 0 Å². The van der Waals surface area contributed by atoms with Crippen LogP contribution in [0.25, 0.3) is 0 Å². The molecular formula is C13H19ClO2. The standard InChI is InChI=1S/C13H19ClO2/c1-9(2)13(4,15)8-16-12-6-5-11(14)7-10(12)3/h5-7,9,15H,8H2,1-4H3. The normalized spacial score (nSPS) is 14.9. The minimum Gasteiger partial charge on any atom is -0.490 e. The average Bonchev–Trinajstić information content (AvgIpc) is 2.16. The van der Waals surface area contributed by atoms with Gasteiger partial charge in [0, 0.05) is 5.02 Å². The number of rotatable bonds is 4. The summed E-state index contributed by atoms with van der Waals surface area (Å²) in [5.41, 5.74) is 0.165. The van der Waals surface area contributed by atoms with Gasteiger partial charge in [0.15, 0.2) is 0 Å². The molecule has 1 aromatic rings. The number of halogens is 1. The van der Waals surface area contributed by atoms with Crippen LogP contribution in [0.4, 0.5) is 0 Å². The molecule has 16 heavy (non-hydrogen) atoms. The Hall–Kier alpha value is -0.730. The molecule has 1 atom stereocenters. The van der Waals surface area contributed by atoms with Gasteiger partial charge in [0.05, 0.1) is 5.60 Å². The van der Waals surface area contributed by atoms with Gasteiger partial charge in [-0.15, -0.1) is 0 Å². The van der Waals surface area contributed by atoms with Crippen molar-refractivity contribution in [2.24, 2.45) is 5.92 Å². The van der Waals surface area contributed by atoms with Gasteiger partial charge in [-0.05, 0) is 43.5 Å². The molecule has 0 aliphatic carbocycles. The summed E-state index contributed by atoms with van der Waals surface area (Å²) in [5, 5.41) is 10.7. The van der Waals surface area contributed by atoms with Gasteiger partial charge in [0.1, 0.15) is 12.4 Å². The lowest BCUT2D eigenvalue weighted by atomic mass is 9.94. The number of benzene rings is 1. The van der Waals surface area contributed by atoms with E-state index in [0.717, 1.165) is 11.3 Å². The third kappa shape index (κ3) is 3.39.